The fraction of sp³-hybridized carbons (Fsp3) is 0.818. The van der Waals surface area contributed by atoms with Crippen LogP contribution in [0.3, 0.4) is 0 Å². The molecule has 0 saturated heterocycles. The van der Waals surface area contributed by atoms with Gasteiger partial charge >= 0.3 is 0 Å². The van der Waals surface area contributed by atoms with E-state index in [1.54, 1.807) is 7.11 Å². The van der Waals surface area contributed by atoms with Crippen molar-refractivity contribution in [1.82, 2.24) is 4.90 Å². The van der Waals surface area contributed by atoms with E-state index in [4.69, 9.17) is 4.74 Å². The highest BCUT2D eigenvalue weighted by atomic mass is 32.1. The van der Waals surface area contributed by atoms with Crippen molar-refractivity contribution in [2.24, 2.45) is 0 Å². The van der Waals surface area contributed by atoms with E-state index < -0.39 is 0 Å². The van der Waals surface area contributed by atoms with Gasteiger partial charge in [0.1, 0.15) is 0 Å². The van der Waals surface area contributed by atoms with Crippen molar-refractivity contribution in [3.8, 4) is 0 Å². The van der Waals surface area contributed by atoms with Gasteiger partial charge in [-0.2, -0.15) is 12.6 Å². The molecule has 0 fully saturated rings. The highest BCUT2D eigenvalue weighted by Gasteiger charge is 2.13. The summed E-state index contributed by atoms with van der Waals surface area (Å²) < 4.78 is 4.92. The van der Waals surface area contributed by atoms with Crippen molar-refractivity contribution in [1.29, 1.82) is 0 Å². The molecular weight excluding hydrogens is 226 g/mol. The third kappa shape index (κ3) is 7.70. The predicted octanol–water partition coefficient (Wildman–Crippen LogP) is 1.50. The van der Waals surface area contributed by atoms with Gasteiger partial charge in [0, 0.05) is 31.9 Å². The maximum atomic E-state index is 11.5. The molecule has 0 aliphatic heterocycles. The molecule has 0 heterocycles. The van der Waals surface area contributed by atoms with E-state index in [1.807, 2.05) is 6.92 Å². The van der Waals surface area contributed by atoms with Crippen LogP contribution < -0.4 is 0 Å². The average Bonchev–Trinajstić information content (AvgIpc) is 2.22. The molecule has 0 aromatic carbocycles. The van der Waals surface area contributed by atoms with Crippen molar-refractivity contribution in [2.75, 3.05) is 20.3 Å². The van der Waals surface area contributed by atoms with E-state index in [2.05, 4.69) is 12.6 Å². The number of amides is 2. The molecule has 0 spiro atoms. The van der Waals surface area contributed by atoms with Crippen LogP contribution in [0.15, 0.2) is 0 Å². The number of rotatable bonds is 9. The largest absolute Gasteiger partial charge is 0.385 e. The van der Waals surface area contributed by atoms with Crippen molar-refractivity contribution < 1.29 is 14.3 Å². The molecule has 0 N–H and O–H groups in total. The maximum absolute atomic E-state index is 11.5. The van der Waals surface area contributed by atoms with Crippen LogP contribution >= 0.6 is 12.6 Å². The van der Waals surface area contributed by atoms with Crippen LogP contribution in [-0.4, -0.2) is 42.7 Å². The van der Waals surface area contributed by atoms with E-state index in [-0.39, 0.29) is 11.2 Å². The summed E-state index contributed by atoms with van der Waals surface area (Å²) in [7, 11) is 1.66. The number of ether oxygens (including phenoxy) is 1. The van der Waals surface area contributed by atoms with Crippen LogP contribution in [0.5, 0.6) is 0 Å². The molecule has 0 aromatic heterocycles. The number of unbranched alkanes of at least 4 members (excludes halogenated alkanes) is 2. The molecule has 0 radical (unpaired) electrons. The number of hydrogen-bond donors (Lipinski definition) is 1. The summed E-state index contributed by atoms with van der Waals surface area (Å²) in [5.41, 5.74) is 0. The number of nitrogens with zero attached hydrogens (tertiary/aromatic N) is 1. The van der Waals surface area contributed by atoms with Gasteiger partial charge in [0.2, 0.25) is 12.3 Å². The number of imide groups is 1. The molecule has 0 aliphatic carbocycles. The number of hydrogen-bond acceptors (Lipinski definition) is 4. The van der Waals surface area contributed by atoms with Crippen LogP contribution in [0, 0.1) is 0 Å². The molecule has 16 heavy (non-hydrogen) atoms. The third-order valence-corrected chi connectivity index (χ3v) is 2.35. The Morgan fingerprint density at radius 3 is 2.62 bits per heavy atom. The molecule has 94 valence electrons. The summed E-state index contributed by atoms with van der Waals surface area (Å²) in [6, 6.07) is 0. The Labute approximate surface area is 103 Å². The highest BCUT2D eigenvalue weighted by Crippen LogP contribution is 2.04. The number of thiol groups is 1. The first-order chi connectivity index (χ1) is 7.61. The van der Waals surface area contributed by atoms with Gasteiger partial charge in [0.05, 0.1) is 0 Å². The summed E-state index contributed by atoms with van der Waals surface area (Å²) in [5.74, 6) is -0.149. The zero-order chi connectivity index (χ0) is 12.4. The Balaban J connectivity index is 3.74. The molecule has 1 unspecified atom stereocenters. The van der Waals surface area contributed by atoms with Crippen LogP contribution in [0.25, 0.3) is 0 Å². The van der Waals surface area contributed by atoms with Gasteiger partial charge in [-0.3, -0.25) is 14.5 Å². The number of carbonyl (C=O) groups excluding carboxylic acids is 2. The quantitative estimate of drug-likeness (QED) is 0.381. The van der Waals surface area contributed by atoms with Crippen molar-refractivity contribution in [3.63, 3.8) is 0 Å². The maximum Gasteiger partial charge on any atom is 0.230 e. The van der Waals surface area contributed by atoms with Crippen molar-refractivity contribution >= 4 is 24.9 Å². The Kier molecular flexibility index (Phi) is 9.33. The van der Waals surface area contributed by atoms with Gasteiger partial charge in [0.25, 0.3) is 0 Å². The molecule has 0 saturated carbocycles. The summed E-state index contributed by atoms with van der Waals surface area (Å²) in [4.78, 5) is 23.5. The molecule has 0 bridgehead atoms. The zero-order valence-corrected chi connectivity index (χ0v) is 10.9. The van der Waals surface area contributed by atoms with E-state index >= 15 is 0 Å². The first-order valence-corrected chi connectivity index (χ1v) is 6.05. The third-order valence-electron chi connectivity index (χ3n) is 2.17. The highest BCUT2D eigenvalue weighted by molar-refractivity contribution is 7.80. The summed E-state index contributed by atoms with van der Waals surface area (Å²) >= 11 is 4.13. The lowest BCUT2D eigenvalue weighted by Gasteiger charge is -2.16. The standard InChI is InChI=1S/C11H21NO3S/c1-10(16)8-11(14)12(9-13)6-4-3-5-7-15-2/h9-10,16H,3-8H2,1-2H3. The smallest absolute Gasteiger partial charge is 0.230 e. The lowest BCUT2D eigenvalue weighted by molar-refractivity contribution is -0.138. The van der Waals surface area contributed by atoms with E-state index in [9.17, 15) is 9.59 Å². The van der Waals surface area contributed by atoms with E-state index in [1.165, 1.54) is 4.90 Å². The van der Waals surface area contributed by atoms with Crippen LogP contribution in [0.1, 0.15) is 32.6 Å². The van der Waals surface area contributed by atoms with E-state index in [0.717, 1.165) is 25.9 Å². The van der Waals surface area contributed by atoms with Gasteiger partial charge in [-0.25, -0.2) is 0 Å². The summed E-state index contributed by atoms with van der Waals surface area (Å²) in [6.45, 7) is 3.05. The number of methoxy groups -OCH3 is 1. The zero-order valence-electron chi connectivity index (χ0n) is 10.0. The fourth-order valence-corrected chi connectivity index (χ4v) is 1.47. The van der Waals surface area contributed by atoms with Crippen molar-refractivity contribution in [3.05, 3.63) is 0 Å². The Morgan fingerprint density at radius 1 is 1.44 bits per heavy atom. The van der Waals surface area contributed by atoms with E-state index in [0.29, 0.717) is 19.4 Å². The molecule has 0 aliphatic rings. The lowest BCUT2D eigenvalue weighted by atomic mass is 10.2. The molecule has 0 aromatic rings. The Morgan fingerprint density at radius 2 is 2.12 bits per heavy atom. The average molecular weight is 247 g/mol. The summed E-state index contributed by atoms with van der Waals surface area (Å²) in [5, 5.41) is -0.0107. The molecular formula is C11H21NO3S. The second-order valence-electron chi connectivity index (χ2n) is 3.80. The van der Waals surface area contributed by atoms with Crippen LogP contribution in [0.2, 0.25) is 0 Å². The molecule has 5 heteroatoms. The molecule has 0 rings (SSSR count). The first kappa shape index (κ1) is 15.4. The second kappa shape index (κ2) is 9.66. The minimum atomic E-state index is -0.149. The second-order valence-corrected chi connectivity index (χ2v) is 4.68. The van der Waals surface area contributed by atoms with Gasteiger partial charge in [-0.1, -0.05) is 6.92 Å². The SMILES string of the molecule is COCCCCCN(C=O)C(=O)CC(C)S. The molecule has 4 nitrogen and oxygen atoms in total. The van der Waals surface area contributed by atoms with Gasteiger partial charge in [-0.05, 0) is 19.3 Å². The van der Waals surface area contributed by atoms with Crippen molar-refractivity contribution in [2.45, 2.75) is 37.9 Å². The van der Waals surface area contributed by atoms with Gasteiger partial charge in [-0.15, -0.1) is 0 Å². The minimum Gasteiger partial charge on any atom is -0.385 e. The Bertz CT molecular complexity index is 209. The van der Waals surface area contributed by atoms with Crippen LogP contribution in [0.4, 0.5) is 0 Å². The minimum absolute atomic E-state index is 0.0107. The predicted molar refractivity (Wildman–Crippen MR) is 66.6 cm³/mol. The van der Waals surface area contributed by atoms with Gasteiger partial charge in [0.15, 0.2) is 0 Å². The fourth-order valence-electron chi connectivity index (χ4n) is 1.31. The molecule has 1 atom stereocenters. The lowest BCUT2D eigenvalue weighted by Crippen LogP contribution is -2.31. The topological polar surface area (TPSA) is 46.6 Å². The number of carbonyl (C=O) groups is 2. The normalized spacial score (nSPS) is 12.2. The van der Waals surface area contributed by atoms with Gasteiger partial charge < -0.3 is 4.74 Å². The van der Waals surface area contributed by atoms with Crippen LogP contribution in [-0.2, 0) is 14.3 Å². The monoisotopic (exact) mass is 247 g/mol. The summed E-state index contributed by atoms with van der Waals surface area (Å²) in [6.07, 6.45) is 3.66. The Hall–Kier alpha value is -0.550. The first-order valence-electron chi connectivity index (χ1n) is 5.53. The molecule has 2 amide bonds.